The molecule has 0 saturated carbocycles. The minimum absolute atomic E-state index is 0.0152. The minimum Gasteiger partial charge on any atom is -0.491 e. The third-order valence-electron chi connectivity index (χ3n) is 5.05. The molecule has 1 fully saturated rings. The second-order valence-electron chi connectivity index (χ2n) is 8.00. The van der Waals surface area contributed by atoms with E-state index in [4.69, 9.17) is 9.15 Å². The first-order chi connectivity index (χ1) is 15.2. The Balaban J connectivity index is 1.44. The van der Waals surface area contributed by atoms with Crippen LogP contribution in [0, 0.1) is 5.92 Å². The number of benzene rings is 1. The van der Waals surface area contributed by atoms with Gasteiger partial charge in [-0.25, -0.2) is 8.42 Å². The number of likely N-dealkylation sites (tertiary alicyclic amines) is 1. The van der Waals surface area contributed by atoms with Crippen LogP contribution in [0.15, 0.2) is 47.1 Å². The molecule has 9 nitrogen and oxygen atoms in total. The molecule has 32 heavy (non-hydrogen) atoms. The number of sulfonamides is 1. The fourth-order valence-corrected chi connectivity index (χ4v) is 4.54. The van der Waals surface area contributed by atoms with E-state index in [-0.39, 0.29) is 17.9 Å². The van der Waals surface area contributed by atoms with Crippen LogP contribution in [0.4, 0.5) is 5.69 Å². The lowest BCUT2D eigenvalue weighted by Gasteiger charge is -2.31. The van der Waals surface area contributed by atoms with Crippen LogP contribution in [0.1, 0.15) is 32.4 Å². The number of rotatable bonds is 9. The largest absolute Gasteiger partial charge is 0.491 e. The molecule has 2 heterocycles. The molecule has 1 aromatic carbocycles. The van der Waals surface area contributed by atoms with Gasteiger partial charge >= 0.3 is 0 Å². The Morgan fingerprint density at radius 2 is 1.84 bits per heavy atom. The van der Waals surface area contributed by atoms with E-state index in [1.807, 2.05) is 13.8 Å². The lowest BCUT2D eigenvalue weighted by atomic mass is 9.96. The zero-order chi connectivity index (χ0) is 23.1. The summed E-state index contributed by atoms with van der Waals surface area (Å²) < 4.78 is 38.0. The Morgan fingerprint density at radius 1 is 1.16 bits per heavy atom. The molecule has 1 aliphatic heterocycles. The van der Waals surface area contributed by atoms with Gasteiger partial charge in [0.2, 0.25) is 21.8 Å². The topological polar surface area (TPSA) is 118 Å². The Morgan fingerprint density at radius 3 is 2.44 bits per heavy atom. The molecule has 2 aromatic rings. The number of hydrogen-bond donors (Lipinski definition) is 2. The lowest BCUT2D eigenvalue weighted by Crippen LogP contribution is -2.45. The molecular weight excluding hydrogens is 434 g/mol. The number of nitrogens with zero attached hydrogens (tertiary/aromatic N) is 1. The first-order valence-corrected chi connectivity index (χ1v) is 12.2. The summed E-state index contributed by atoms with van der Waals surface area (Å²) in [4.78, 5) is 26.3. The van der Waals surface area contributed by atoms with Gasteiger partial charge < -0.3 is 19.4 Å². The van der Waals surface area contributed by atoms with Gasteiger partial charge in [0, 0.05) is 24.7 Å². The standard InChI is InChI=1S/C22H29N3O6S/c1-16(2)31-19-7-5-18(6-8-19)24-32(28,29)15-21(26)25-11-9-17(10-12-25)22(27)23-14-20-4-3-13-30-20/h3-8,13,16-17,24H,9-12,14-15H2,1-2H3,(H,23,27). The predicted molar refractivity (Wildman–Crippen MR) is 119 cm³/mol. The summed E-state index contributed by atoms with van der Waals surface area (Å²) in [5, 5.41) is 2.83. The Bertz CT molecular complexity index is 995. The highest BCUT2D eigenvalue weighted by Gasteiger charge is 2.29. The molecule has 0 radical (unpaired) electrons. The van der Waals surface area contributed by atoms with E-state index in [1.165, 1.54) is 4.90 Å². The zero-order valence-corrected chi connectivity index (χ0v) is 19.1. The van der Waals surface area contributed by atoms with Crippen molar-refractivity contribution >= 4 is 27.5 Å². The van der Waals surface area contributed by atoms with Crippen LogP contribution in [0.3, 0.4) is 0 Å². The van der Waals surface area contributed by atoms with Crippen molar-refractivity contribution in [1.82, 2.24) is 10.2 Å². The number of hydrogen-bond acceptors (Lipinski definition) is 6. The second-order valence-corrected chi connectivity index (χ2v) is 9.73. The highest BCUT2D eigenvalue weighted by molar-refractivity contribution is 7.93. The van der Waals surface area contributed by atoms with Crippen LogP contribution >= 0.6 is 0 Å². The lowest BCUT2D eigenvalue weighted by molar-refractivity contribution is -0.133. The van der Waals surface area contributed by atoms with Gasteiger partial charge in [-0.15, -0.1) is 0 Å². The quantitative estimate of drug-likeness (QED) is 0.589. The molecule has 1 saturated heterocycles. The van der Waals surface area contributed by atoms with Crippen molar-refractivity contribution in [3.63, 3.8) is 0 Å². The normalized spacial score (nSPS) is 14.9. The maximum absolute atomic E-state index is 12.5. The van der Waals surface area contributed by atoms with Crippen LogP contribution in [-0.2, 0) is 26.2 Å². The molecule has 3 rings (SSSR count). The number of carbonyl (C=O) groups excluding carboxylic acids is 2. The predicted octanol–water partition coefficient (Wildman–Crippen LogP) is 2.36. The number of piperidine rings is 1. The van der Waals surface area contributed by atoms with Crippen LogP contribution in [-0.4, -0.2) is 50.1 Å². The summed E-state index contributed by atoms with van der Waals surface area (Å²) in [5.74, 6) is -0.123. The molecule has 0 bridgehead atoms. The van der Waals surface area contributed by atoms with Crippen molar-refractivity contribution in [3.05, 3.63) is 48.4 Å². The van der Waals surface area contributed by atoms with Gasteiger partial charge in [0.15, 0.2) is 0 Å². The minimum atomic E-state index is -3.85. The van der Waals surface area contributed by atoms with E-state index >= 15 is 0 Å². The van der Waals surface area contributed by atoms with Gasteiger partial charge in [0.05, 0.1) is 18.9 Å². The van der Waals surface area contributed by atoms with Crippen molar-refractivity contribution in [3.8, 4) is 5.75 Å². The van der Waals surface area contributed by atoms with Gasteiger partial charge in [0.1, 0.15) is 17.3 Å². The number of furan rings is 1. The number of amides is 2. The highest BCUT2D eigenvalue weighted by atomic mass is 32.2. The molecule has 0 atom stereocenters. The van der Waals surface area contributed by atoms with E-state index in [1.54, 1.807) is 42.7 Å². The average Bonchev–Trinajstić information content (AvgIpc) is 3.26. The fraction of sp³-hybridized carbons (Fsp3) is 0.455. The Labute approximate surface area is 188 Å². The first-order valence-electron chi connectivity index (χ1n) is 10.6. The van der Waals surface area contributed by atoms with Crippen LogP contribution in [0.5, 0.6) is 5.75 Å². The summed E-state index contributed by atoms with van der Waals surface area (Å²) in [6, 6.07) is 10.1. The van der Waals surface area contributed by atoms with Gasteiger partial charge in [0.25, 0.3) is 0 Å². The van der Waals surface area contributed by atoms with Crippen molar-refractivity contribution in [2.24, 2.45) is 5.92 Å². The molecule has 10 heteroatoms. The maximum Gasteiger partial charge on any atom is 0.241 e. The number of nitrogens with one attached hydrogen (secondary N) is 2. The van der Waals surface area contributed by atoms with E-state index in [9.17, 15) is 18.0 Å². The van der Waals surface area contributed by atoms with Crippen molar-refractivity contribution in [2.75, 3.05) is 23.6 Å². The van der Waals surface area contributed by atoms with Gasteiger partial charge in [-0.3, -0.25) is 14.3 Å². The summed E-state index contributed by atoms with van der Waals surface area (Å²) in [5.41, 5.74) is 0.362. The van der Waals surface area contributed by atoms with E-state index in [2.05, 4.69) is 10.0 Å². The zero-order valence-electron chi connectivity index (χ0n) is 18.2. The number of ether oxygens (including phenoxy) is 1. The molecule has 0 aliphatic carbocycles. The third-order valence-corrected chi connectivity index (χ3v) is 6.22. The van der Waals surface area contributed by atoms with Crippen molar-refractivity contribution in [1.29, 1.82) is 0 Å². The highest BCUT2D eigenvalue weighted by Crippen LogP contribution is 2.20. The smallest absolute Gasteiger partial charge is 0.241 e. The number of carbonyl (C=O) groups is 2. The summed E-state index contributed by atoms with van der Waals surface area (Å²) in [7, 11) is -3.85. The third kappa shape index (κ3) is 7.01. The van der Waals surface area contributed by atoms with E-state index in [0.29, 0.717) is 49.7 Å². The fourth-order valence-electron chi connectivity index (χ4n) is 3.47. The maximum atomic E-state index is 12.5. The molecule has 1 aromatic heterocycles. The Kier molecular flexibility index (Phi) is 7.79. The summed E-state index contributed by atoms with van der Waals surface area (Å²) >= 11 is 0. The van der Waals surface area contributed by atoms with E-state index < -0.39 is 21.7 Å². The van der Waals surface area contributed by atoms with Crippen LogP contribution in [0.2, 0.25) is 0 Å². The average molecular weight is 464 g/mol. The molecule has 2 N–H and O–H groups in total. The number of anilines is 1. The van der Waals surface area contributed by atoms with Crippen LogP contribution < -0.4 is 14.8 Å². The first kappa shape index (κ1) is 23.6. The van der Waals surface area contributed by atoms with Crippen LogP contribution in [0.25, 0.3) is 0 Å². The van der Waals surface area contributed by atoms with Gasteiger partial charge in [-0.2, -0.15) is 0 Å². The molecule has 0 unspecified atom stereocenters. The monoisotopic (exact) mass is 463 g/mol. The van der Waals surface area contributed by atoms with E-state index in [0.717, 1.165) is 0 Å². The molecule has 0 spiro atoms. The van der Waals surface area contributed by atoms with Gasteiger partial charge in [-0.1, -0.05) is 0 Å². The van der Waals surface area contributed by atoms with Crippen molar-refractivity contribution in [2.45, 2.75) is 39.3 Å². The van der Waals surface area contributed by atoms with Gasteiger partial charge in [-0.05, 0) is 63.1 Å². The second kappa shape index (κ2) is 10.5. The van der Waals surface area contributed by atoms with Crippen molar-refractivity contribution < 1.29 is 27.2 Å². The molecular formula is C22H29N3O6S. The molecule has 174 valence electrons. The Hall–Kier alpha value is -3.01. The SMILES string of the molecule is CC(C)Oc1ccc(NS(=O)(=O)CC(=O)N2CCC(C(=O)NCc3ccco3)CC2)cc1. The summed E-state index contributed by atoms with van der Waals surface area (Å²) in [6.45, 7) is 4.80. The molecule has 2 amide bonds. The molecule has 1 aliphatic rings. The summed E-state index contributed by atoms with van der Waals surface area (Å²) in [6.07, 6.45) is 2.53.